The molecular weight excluding hydrogens is 396 g/mol. The zero-order chi connectivity index (χ0) is 22.2. The van der Waals surface area contributed by atoms with Crippen molar-refractivity contribution in [2.24, 2.45) is 11.7 Å². The van der Waals surface area contributed by atoms with E-state index in [0.29, 0.717) is 11.4 Å². The van der Waals surface area contributed by atoms with Crippen molar-refractivity contribution in [1.82, 2.24) is 4.98 Å². The number of rotatable bonds is 6. The predicted octanol–water partition coefficient (Wildman–Crippen LogP) is 6.27. The first-order valence-electron chi connectivity index (χ1n) is 11.8. The molecule has 1 aliphatic rings. The van der Waals surface area contributed by atoms with Crippen LogP contribution in [0.15, 0.2) is 66.9 Å². The average Bonchev–Trinajstić information content (AvgIpc) is 2.82. The summed E-state index contributed by atoms with van der Waals surface area (Å²) in [5, 5.41) is 0. The minimum absolute atomic E-state index is 0.380. The van der Waals surface area contributed by atoms with Crippen LogP contribution >= 0.6 is 0 Å². The molecule has 1 aliphatic carbocycles. The fraction of sp³-hybridized carbons (Fsp3) is 0.357. The number of primary amides is 1. The van der Waals surface area contributed by atoms with Gasteiger partial charge >= 0.3 is 0 Å². The van der Waals surface area contributed by atoms with Gasteiger partial charge in [-0.05, 0) is 79.3 Å². The Morgan fingerprint density at radius 1 is 0.938 bits per heavy atom. The maximum absolute atomic E-state index is 11.2. The summed E-state index contributed by atoms with van der Waals surface area (Å²) in [6.45, 7) is 0. The Morgan fingerprint density at radius 2 is 1.75 bits per heavy atom. The summed E-state index contributed by atoms with van der Waals surface area (Å²) in [5.41, 5.74) is 9.95. The Labute approximate surface area is 190 Å². The van der Waals surface area contributed by atoms with E-state index < -0.39 is 5.91 Å². The summed E-state index contributed by atoms with van der Waals surface area (Å²) in [6, 6.07) is 20.6. The van der Waals surface area contributed by atoms with Gasteiger partial charge in [0.1, 0.15) is 5.75 Å². The van der Waals surface area contributed by atoms with E-state index in [4.69, 9.17) is 10.5 Å². The number of pyridine rings is 1. The van der Waals surface area contributed by atoms with Crippen molar-refractivity contribution in [2.75, 3.05) is 0 Å². The monoisotopic (exact) mass is 428 g/mol. The molecule has 1 unspecified atom stereocenters. The molecule has 4 heteroatoms. The third-order valence-corrected chi connectivity index (χ3v) is 6.47. The fourth-order valence-electron chi connectivity index (χ4n) is 4.63. The molecule has 2 N–H and O–H groups in total. The lowest BCUT2D eigenvalue weighted by Crippen LogP contribution is -2.10. The first-order chi connectivity index (χ1) is 15.7. The van der Waals surface area contributed by atoms with Crippen LogP contribution < -0.4 is 10.5 Å². The molecular formula is C28H32N2O2. The number of hydrogen-bond donors (Lipinski definition) is 1. The number of carbonyl (C=O) groups excluding carboxylic acids is 1. The second kappa shape index (κ2) is 10.9. The van der Waals surface area contributed by atoms with Crippen LogP contribution in [-0.4, -0.2) is 10.9 Å². The van der Waals surface area contributed by atoms with Crippen molar-refractivity contribution in [2.45, 2.75) is 57.8 Å². The zero-order valence-corrected chi connectivity index (χ0v) is 18.6. The highest BCUT2D eigenvalue weighted by Crippen LogP contribution is 2.29. The van der Waals surface area contributed by atoms with Gasteiger partial charge < -0.3 is 10.5 Å². The van der Waals surface area contributed by atoms with Crippen molar-refractivity contribution in [1.29, 1.82) is 0 Å². The number of carbonyl (C=O) groups is 1. The summed E-state index contributed by atoms with van der Waals surface area (Å²) in [7, 11) is 0. The zero-order valence-electron chi connectivity index (χ0n) is 18.6. The largest absolute Gasteiger partial charge is 0.439 e. The minimum Gasteiger partial charge on any atom is -0.439 e. The standard InChI is InChI=1S/C28H32N2O2/c29-28(31)25-16-18-27(30-20-25)32-26-17-15-23-12-6-10-22(9-4-5-11-24(23)19-26)14-13-21-7-2-1-3-8-21/h1-3,7-8,15-20,22H,4-6,9-14H2,(H2,29,31). The summed E-state index contributed by atoms with van der Waals surface area (Å²) in [5.74, 6) is 1.60. The van der Waals surface area contributed by atoms with Gasteiger partial charge in [0.15, 0.2) is 0 Å². The van der Waals surface area contributed by atoms with Crippen molar-refractivity contribution in [3.63, 3.8) is 0 Å². The number of fused-ring (bicyclic) bond motifs is 1. The molecule has 166 valence electrons. The van der Waals surface area contributed by atoms with Crippen molar-refractivity contribution in [3.05, 3.63) is 89.1 Å². The van der Waals surface area contributed by atoms with E-state index in [-0.39, 0.29) is 0 Å². The molecule has 2 aromatic carbocycles. The summed E-state index contributed by atoms with van der Waals surface area (Å²) >= 11 is 0. The molecule has 0 aliphatic heterocycles. The lowest BCUT2D eigenvalue weighted by Gasteiger charge is -2.20. The van der Waals surface area contributed by atoms with E-state index in [2.05, 4.69) is 47.4 Å². The highest BCUT2D eigenvalue weighted by Gasteiger charge is 2.14. The predicted molar refractivity (Wildman–Crippen MR) is 128 cm³/mol. The molecule has 0 bridgehead atoms. The molecule has 3 aromatic rings. The summed E-state index contributed by atoms with van der Waals surface area (Å²) < 4.78 is 5.93. The SMILES string of the molecule is NC(=O)c1ccc(Oc2ccc3c(c2)CCCCC(CCc2ccccc2)CCC3)nc1. The Kier molecular flexibility index (Phi) is 7.55. The van der Waals surface area contributed by atoms with E-state index in [9.17, 15) is 4.79 Å². The van der Waals surface area contributed by atoms with Gasteiger partial charge in [0.05, 0.1) is 5.56 Å². The van der Waals surface area contributed by atoms with Crippen LogP contribution in [0.25, 0.3) is 0 Å². The number of hydrogen-bond acceptors (Lipinski definition) is 3. The lowest BCUT2D eigenvalue weighted by atomic mass is 9.86. The molecule has 0 fully saturated rings. The van der Waals surface area contributed by atoms with Crippen LogP contribution in [-0.2, 0) is 19.3 Å². The summed E-state index contributed by atoms with van der Waals surface area (Å²) in [6.07, 6.45) is 12.5. The highest BCUT2D eigenvalue weighted by molar-refractivity contribution is 5.92. The van der Waals surface area contributed by atoms with Gasteiger partial charge in [-0.15, -0.1) is 0 Å². The van der Waals surface area contributed by atoms with Gasteiger partial charge in [-0.2, -0.15) is 0 Å². The molecule has 1 heterocycles. The minimum atomic E-state index is -0.487. The number of benzene rings is 2. The third-order valence-electron chi connectivity index (χ3n) is 6.47. The Hall–Kier alpha value is -3.14. The molecule has 1 atom stereocenters. The van der Waals surface area contributed by atoms with E-state index in [1.54, 1.807) is 12.1 Å². The van der Waals surface area contributed by atoms with Gasteiger partial charge in [0.2, 0.25) is 11.8 Å². The van der Waals surface area contributed by atoms with Gasteiger partial charge in [0, 0.05) is 12.3 Å². The smallest absolute Gasteiger partial charge is 0.250 e. The Balaban J connectivity index is 1.35. The van der Waals surface area contributed by atoms with Crippen LogP contribution in [0.1, 0.15) is 65.6 Å². The Bertz CT molecular complexity index is 1020. The van der Waals surface area contributed by atoms with Crippen LogP contribution in [0.3, 0.4) is 0 Å². The van der Waals surface area contributed by atoms with E-state index >= 15 is 0 Å². The average molecular weight is 429 g/mol. The Morgan fingerprint density at radius 3 is 2.53 bits per heavy atom. The van der Waals surface area contributed by atoms with Crippen LogP contribution in [0.2, 0.25) is 0 Å². The number of aryl methyl sites for hydroxylation is 3. The lowest BCUT2D eigenvalue weighted by molar-refractivity contribution is 0.1000. The molecule has 0 saturated carbocycles. The number of ether oxygens (including phenoxy) is 1. The van der Waals surface area contributed by atoms with Crippen molar-refractivity contribution >= 4 is 5.91 Å². The molecule has 1 aromatic heterocycles. The van der Waals surface area contributed by atoms with Gasteiger partial charge in [-0.25, -0.2) is 4.98 Å². The maximum Gasteiger partial charge on any atom is 0.250 e. The number of aromatic nitrogens is 1. The van der Waals surface area contributed by atoms with Gasteiger partial charge in [-0.3, -0.25) is 4.79 Å². The van der Waals surface area contributed by atoms with Crippen LogP contribution in [0.4, 0.5) is 0 Å². The number of nitrogens with zero attached hydrogens (tertiary/aromatic N) is 1. The highest BCUT2D eigenvalue weighted by atomic mass is 16.5. The maximum atomic E-state index is 11.2. The molecule has 32 heavy (non-hydrogen) atoms. The molecule has 1 amide bonds. The second-order valence-electron chi connectivity index (χ2n) is 8.81. The first-order valence-corrected chi connectivity index (χ1v) is 11.8. The second-order valence-corrected chi connectivity index (χ2v) is 8.81. The molecule has 0 spiro atoms. The topological polar surface area (TPSA) is 65.2 Å². The molecule has 4 nitrogen and oxygen atoms in total. The quantitative estimate of drug-likeness (QED) is 0.503. The van der Waals surface area contributed by atoms with Gasteiger partial charge in [0.25, 0.3) is 0 Å². The normalized spacial score (nSPS) is 16.7. The molecule has 0 radical (unpaired) electrons. The van der Waals surface area contributed by atoms with Crippen molar-refractivity contribution < 1.29 is 9.53 Å². The summed E-state index contributed by atoms with van der Waals surface area (Å²) in [4.78, 5) is 15.4. The van der Waals surface area contributed by atoms with Crippen molar-refractivity contribution in [3.8, 4) is 11.6 Å². The molecule has 4 rings (SSSR count). The van der Waals surface area contributed by atoms with E-state index in [0.717, 1.165) is 24.5 Å². The fourth-order valence-corrected chi connectivity index (χ4v) is 4.63. The van der Waals surface area contributed by atoms with E-state index in [1.165, 1.54) is 67.8 Å². The first kappa shape index (κ1) is 22.1. The number of amides is 1. The van der Waals surface area contributed by atoms with Gasteiger partial charge in [-0.1, -0.05) is 55.7 Å². The molecule has 0 saturated heterocycles. The number of nitrogens with two attached hydrogens (primary N) is 1. The van der Waals surface area contributed by atoms with E-state index in [1.807, 2.05) is 6.07 Å². The van der Waals surface area contributed by atoms with Crippen LogP contribution in [0, 0.1) is 5.92 Å². The third kappa shape index (κ3) is 6.19. The van der Waals surface area contributed by atoms with Crippen LogP contribution in [0.5, 0.6) is 11.6 Å².